The van der Waals surface area contributed by atoms with Gasteiger partial charge in [0.2, 0.25) is 5.82 Å². The Morgan fingerprint density at radius 1 is 1.38 bits per heavy atom. The molecule has 11 heteroatoms. The number of H-pyrrole nitrogens is 1. The Bertz CT molecular complexity index is 725. The molecule has 24 heavy (non-hydrogen) atoms. The van der Waals surface area contributed by atoms with Crippen LogP contribution in [0, 0.1) is 5.82 Å². The van der Waals surface area contributed by atoms with Crippen molar-refractivity contribution in [2.45, 2.75) is 32.5 Å². The Kier molecular flexibility index (Phi) is 6.11. The Morgan fingerprint density at radius 2 is 2.00 bits per heavy atom. The lowest BCUT2D eigenvalue weighted by molar-refractivity contribution is -0.164. The lowest BCUT2D eigenvalue weighted by Gasteiger charge is -2.22. The normalized spacial score (nSPS) is 22.2. The number of halogens is 1. The zero-order chi connectivity index (χ0) is 17.9. The highest BCUT2D eigenvalue weighted by molar-refractivity contribution is 7.53. The van der Waals surface area contributed by atoms with E-state index in [1.54, 1.807) is 20.9 Å². The molecule has 9 nitrogen and oxygen atoms in total. The Hall–Kier alpha value is -1.32. The molecule has 1 N–H and O–H groups in total. The van der Waals surface area contributed by atoms with Gasteiger partial charge >= 0.3 is 13.3 Å². The summed E-state index contributed by atoms with van der Waals surface area (Å²) in [5.74, 6) is -1.08. The zero-order valence-electron chi connectivity index (χ0n) is 13.7. The predicted molar refractivity (Wildman–Crippen MR) is 83.3 cm³/mol. The van der Waals surface area contributed by atoms with Gasteiger partial charge in [0.05, 0.1) is 31.6 Å². The van der Waals surface area contributed by atoms with Crippen LogP contribution in [-0.4, -0.2) is 47.1 Å². The van der Waals surface area contributed by atoms with Crippen LogP contribution >= 0.6 is 7.60 Å². The van der Waals surface area contributed by atoms with Gasteiger partial charge in [0.15, 0.2) is 6.23 Å². The third kappa shape index (κ3) is 4.20. The van der Waals surface area contributed by atoms with Crippen molar-refractivity contribution in [1.82, 2.24) is 14.6 Å². The third-order valence-corrected chi connectivity index (χ3v) is 5.77. The summed E-state index contributed by atoms with van der Waals surface area (Å²) < 4.78 is 37.5. The van der Waals surface area contributed by atoms with Crippen LogP contribution in [0.4, 0.5) is 4.39 Å². The van der Waals surface area contributed by atoms with E-state index in [0.29, 0.717) is 0 Å². The summed E-state index contributed by atoms with van der Waals surface area (Å²) in [6, 6.07) is -0.360. The number of hydrogen-bond donors (Lipinski definition) is 1. The molecule has 136 valence electrons. The minimum atomic E-state index is -3.29. The van der Waals surface area contributed by atoms with E-state index in [1.807, 2.05) is 4.98 Å². The number of hydrogen-bond acceptors (Lipinski definition) is 7. The highest BCUT2D eigenvalue weighted by atomic mass is 31.2. The van der Waals surface area contributed by atoms with Crippen LogP contribution in [0.15, 0.2) is 15.8 Å². The second-order valence-corrected chi connectivity index (χ2v) is 7.37. The van der Waals surface area contributed by atoms with Crippen LogP contribution in [0.5, 0.6) is 0 Å². The minimum Gasteiger partial charge on any atom is -0.309 e. The van der Waals surface area contributed by atoms with Crippen molar-refractivity contribution >= 4 is 7.60 Å². The quantitative estimate of drug-likeness (QED) is 0.721. The molecule has 1 fully saturated rings. The summed E-state index contributed by atoms with van der Waals surface area (Å²) in [4.78, 5) is 30.3. The summed E-state index contributed by atoms with van der Waals surface area (Å²) in [5.41, 5.74) is -1.87. The monoisotopic (exact) mass is 365 g/mol. The van der Waals surface area contributed by atoms with E-state index in [2.05, 4.69) is 0 Å². The maximum Gasteiger partial charge on any atom is 0.332 e. The molecule has 2 heterocycles. The van der Waals surface area contributed by atoms with Crippen molar-refractivity contribution in [2.75, 3.05) is 26.4 Å². The van der Waals surface area contributed by atoms with Gasteiger partial charge in [-0.2, -0.15) is 9.45 Å². The predicted octanol–water partition coefficient (Wildman–Crippen LogP) is 1.08. The summed E-state index contributed by atoms with van der Waals surface area (Å²) in [5, 5.41) is 1.44. The molecule has 1 aliphatic rings. The molecule has 0 spiro atoms. The van der Waals surface area contributed by atoms with Gasteiger partial charge in [0.25, 0.3) is 5.56 Å². The summed E-state index contributed by atoms with van der Waals surface area (Å²) in [7, 11) is -1.68. The first-order valence-corrected chi connectivity index (χ1v) is 9.31. The molecule has 0 unspecified atom stereocenters. The van der Waals surface area contributed by atoms with Crippen molar-refractivity contribution < 1.29 is 22.8 Å². The zero-order valence-corrected chi connectivity index (χ0v) is 14.6. The average Bonchev–Trinajstić information content (AvgIpc) is 2.84. The lowest BCUT2D eigenvalue weighted by atomic mass is 10.2. The van der Waals surface area contributed by atoms with Crippen molar-refractivity contribution in [2.24, 2.45) is 0 Å². The van der Waals surface area contributed by atoms with Crippen LogP contribution in [0.25, 0.3) is 0 Å². The van der Waals surface area contributed by atoms with Gasteiger partial charge in [-0.25, -0.2) is 4.79 Å². The molecule has 2 rings (SSSR count). The van der Waals surface area contributed by atoms with Crippen LogP contribution in [0.3, 0.4) is 0 Å². The maximum absolute atomic E-state index is 13.4. The lowest BCUT2D eigenvalue weighted by Crippen LogP contribution is -2.34. The number of aromatic nitrogens is 2. The van der Waals surface area contributed by atoms with Crippen LogP contribution in [0.2, 0.25) is 0 Å². The molecule has 0 aromatic carbocycles. The Balaban J connectivity index is 2.18. The molecule has 1 aliphatic heterocycles. The van der Waals surface area contributed by atoms with Crippen molar-refractivity contribution in [3.63, 3.8) is 0 Å². The minimum absolute atomic E-state index is 0.0717. The summed E-state index contributed by atoms with van der Waals surface area (Å²) >= 11 is 0. The topological polar surface area (TPSA) is 103 Å². The van der Waals surface area contributed by atoms with Crippen LogP contribution in [0.1, 0.15) is 26.5 Å². The van der Waals surface area contributed by atoms with E-state index in [-0.39, 0.29) is 31.8 Å². The van der Waals surface area contributed by atoms with E-state index in [0.717, 1.165) is 10.8 Å². The Morgan fingerprint density at radius 3 is 2.58 bits per heavy atom. The van der Waals surface area contributed by atoms with E-state index in [9.17, 15) is 18.5 Å². The van der Waals surface area contributed by atoms with Gasteiger partial charge < -0.3 is 9.05 Å². The standard InChI is InChI=1S/C13H21FN3O6P/c1-4-21-24(20,22-5-2)8-9-6-11(23-16(9)3)17-7-10(14)12(18)15-13(17)19/h7,9,11H,4-6,8H2,1-3H3,(H,15,18,19)/t9-,11+/m1/s1. The highest BCUT2D eigenvalue weighted by Gasteiger charge is 2.39. The summed E-state index contributed by atoms with van der Waals surface area (Å²) in [6.07, 6.45) is 0.302. The van der Waals surface area contributed by atoms with Crippen molar-refractivity contribution in [3.05, 3.63) is 32.9 Å². The van der Waals surface area contributed by atoms with Gasteiger partial charge in [0.1, 0.15) is 0 Å². The van der Waals surface area contributed by atoms with Gasteiger partial charge in [0, 0.05) is 13.5 Å². The van der Waals surface area contributed by atoms with Gasteiger partial charge in [-0.3, -0.25) is 23.7 Å². The van der Waals surface area contributed by atoms with E-state index >= 15 is 0 Å². The van der Waals surface area contributed by atoms with E-state index in [4.69, 9.17) is 13.9 Å². The van der Waals surface area contributed by atoms with Crippen LogP contribution in [-0.2, 0) is 18.5 Å². The maximum atomic E-state index is 13.4. The molecule has 0 amide bonds. The van der Waals surface area contributed by atoms with E-state index in [1.165, 1.54) is 5.06 Å². The van der Waals surface area contributed by atoms with Crippen molar-refractivity contribution in [3.8, 4) is 0 Å². The number of nitrogens with one attached hydrogen (secondary N) is 1. The number of aromatic amines is 1. The number of rotatable bonds is 7. The molecule has 0 aliphatic carbocycles. The molecule has 0 radical (unpaired) electrons. The van der Waals surface area contributed by atoms with Gasteiger partial charge in [-0.1, -0.05) is 0 Å². The fourth-order valence-corrected chi connectivity index (χ4v) is 4.49. The number of nitrogens with zero attached hydrogens (tertiary/aromatic N) is 2. The number of hydroxylamine groups is 2. The SMILES string of the molecule is CCOP(=O)(C[C@H]1C[C@@H](n2cc(F)c(=O)[nH]c2=O)ON1C)OCC. The largest absolute Gasteiger partial charge is 0.332 e. The molecule has 2 atom stereocenters. The second-order valence-electron chi connectivity index (χ2n) is 5.27. The van der Waals surface area contributed by atoms with Gasteiger partial charge in [-0.05, 0) is 13.8 Å². The van der Waals surface area contributed by atoms with E-state index < -0.39 is 30.9 Å². The molecular formula is C13H21FN3O6P. The molecule has 1 aromatic heterocycles. The van der Waals surface area contributed by atoms with Crippen LogP contribution < -0.4 is 11.2 Å². The fraction of sp³-hybridized carbons (Fsp3) is 0.692. The third-order valence-electron chi connectivity index (χ3n) is 3.60. The summed E-state index contributed by atoms with van der Waals surface area (Å²) in [6.45, 7) is 3.91. The average molecular weight is 365 g/mol. The fourth-order valence-electron chi connectivity index (χ4n) is 2.52. The van der Waals surface area contributed by atoms with Crippen molar-refractivity contribution in [1.29, 1.82) is 0 Å². The van der Waals surface area contributed by atoms with Gasteiger partial charge in [-0.15, -0.1) is 0 Å². The Labute approximate surface area is 137 Å². The molecule has 0 saturated carbocycles. The first-order valence-electron chi connectivity index (χ1n) is 7.58. The molecule has 0 bridgehead atoms. The highest BCUT2D eigenvalue weighted by Crippen LogP contribution is 2.50. The first-order chi connectivity index (χ1) is 11.3. The first kappa shape index (κ1) is 19.0. The molecular weight excluding hydrogens is 344 g/mol. The molecule has 1 aromatic rings. The molecule has 1 saturated heterocycles. The smallest absolute Gasteiger partial charge is 0.309 e. The second kappa shape index (κ2) is 7.71.